The van der Waals surface area contributed by atoms with Crippen LogP contribution in [0.15, 0.2) is 0 Å². The molecule has 3 nitrogen and oxygen atoms in total. The maximum absolute atomic E-state index is 11.2. The third-order valence-corrected chi connectivity index (χ3v) is 8.04. The summed E-state index contributed by atoms with van der Waals surface area (Å²) in [6.07, 6.45) is 3.87. The van der Waals surface area contributed by atoms with Gasteiger partial charge in [-0.3, -0.25) is 0 Å². The minimum absolute atomic E-state index is 0.616. The quantitative estimate of drug-likeness (QED) is 0.645. The molecule has 0 heterocycles. The molecule has 0 aromatic carbocycles. The van der Waals surface area contributed by atoms with E-state index in [1.165, 1.54) is 0 Å². The fraction of sp³-hybridized carbons (Fsp3) is 1.00. The van der Waals surface area contributed by atoms with Gasteiger partial charge >= 0.3 is 89.1 Å². The van der Waals surface area contributed by atoms with E-state index >= 15 is 0 Å². The van der Waals surface area contributed by atoms with E-state index in [0.717, 1.165) is 25.7 Å². The van der Waals surface area contributed by atoms with Crippen LogP contribution in [0.25, 0.3) is 0 Å². The average Bonchev–Trinajstić information content (AvgIpc) is 2.11. The summed E-state index contributed by atoms with van der Waals surface area (Å²) in [6, 6.07) is 0. The molecular formula is C8H18O3Se2. The summed E-state index contributed by atoms with van der Waals surface area (Å²) in [5.74, 6) is 0. The SMILES string of the molecule is CCCC[Se](=O)O[Se](=O)CCCC. The second-order valence-corrected chi connectivity index (χ2v) is 8.82. The van der Waals surface area contributed by atoms with E-state index in [0.29, 0.717) is 10.6 Å². The Balaban J connectivity index is 3.47. The molecule has 80 valence electrons. The molecule has 0 unspecified atom stereocenters. The minimum atomic E-state index is -2.20. The number of hydrogen-bond donors (Lipinski definition) is 0. The topological polar surface area (TPSA) is 43.4 Å². The van der Waals surface area contributed by atoms with Crippen molar-refractivity contribution in [1.82, 2.24) is 0 Å². The van der Waals surface area contributed by atoms with Crippen molar-refractivity contribution in [3.8, 4) is 0 Å². The standard InChI is InChI=1S/C8H18O3Se2/c1-3-5-7-12(9)11-13(10)8-6-4-2/h3-8H2,1-2H3. The van der Waals surface area contributed by atoms with Crippen LogP contribution in [0.5, 0.6) is 0 Å². The molecule has 0 amide bonds. The van der Waals surface area contributed by atoms with E-state index in [1.54, 1.807) is 0 Å². The third kappa shape index (κ3) is 8.92. The zero-order valence-corrected chi connectivity index (χ0v) is 11.7. The Morgan fingerprint density at radius 1 is 0.923 bits per heavy atom. The zero-order chi connectivity index (χ0) is 10.1. The second-order valence-electron chi connectivity index (χ2n) is 2.79. The van der Waals surface area contributed by atoms with Crippen LogP contribution in [0.4, 0.5) is 0 Å². The molecule has 0 radical (unpaired) electrons. The van der Waals surface area contributed by atoms with Gasteiger partial charge in [-0.15, -0.1) is 0 Å². The van der Waals surface area contributed by atoms with Gasteiger partial charge in [-0.1, -0.05) is 0 Å². The van der Waals surface area contributed by atoms with Crippen LogP contribution in [-0.2, 0) is 10.6 Å². The van der Waals surface area contributed by atoms with Gasteiger partial charge in [0.1, 0.15) is 0 Å². The molecule has 0 rings (SSSR count). The van der Waals surface area contributed by atoms with Crippen LogP contribution >= 0.6 is 0 Å². The summed E-state index contributed by atoms with van der Waals surface area (Å²) in [5, 5.41) is 1.23. The summed E-state index contributed by atoms with van der Waals surface area (Å²) < 4.78 is 27.4. The summed E-state index contributed by atoms with van der Waals surface area (Å²) in [4.78, 5) is 0. The summed E-state index contributed by atoms with van der Waals surface area (Å²) in [7, 11) is 0. The van der Waals surface area contributed by atoms with Gasteiger partial charge in [-0.2, -0.15) is 0 Å². The van der Waals surface area contributed by atoms with Crippen molar-refractivity contribution in [2.75, 3.05) is 0 Å². The predicted octanol–water partition coefficient (Wildman–Crippen LogP) is 2.44. The van der Waals surface area contributed by atoms with Crippen LogP contribution in [0.1, 0.15) is 39.5 Å². The molecule has 0 aliphatic rings. The molecular weight excluding hydrogens is 302 g/mol. The van der Waals surface area contributed by atoms with Crippen molar-refractivity contribution < 1.29 is 10.6 Å². The summed E-state index contributed by atoms with van der Waals surface area (Å²) in [5.41, 5.74) is 0. The summed E-state index contributed by atoms with van der Waals surface area (Å²) >= 11 is -4.40. The summed E-state index contributed by atoms with van der Waals surface area (Å²) in [6.45, 7) is 4.09. The van der Waals surface area contributed by atoms with E-state index in [2.05, 4.69) is 0 Å². The van der Waals surface area contributed by atoms with E-state index < -0.39 is 28.3 Å². The van der Waals surface area contributed by atoms with Crippen molar-refractivity contribution >= 4 is 28.3 Å². The Morgan fingerprint density at radius 3 is 1.62 bits per heavy atom. The number of rotatable bonds is 8. The molecule has 0 saturated carbocycles. The van der Waals surface area contributed by atoms with Gasteiger partial charge in [-0.25, -0.2) is 0 Å². The Kier molecular flexibility index (Phi) is 9.59. The van der Waals surface area contributed by atoms with Crippen molar-refractivity contribution in [2.24, 2.45) is 0 Å². The predicted molar refractivity (Wildman–Crippen MR) is 53.4 cm³/mol. The van der Waals surface area contributed by atoms with Crippen molar-refractivity contribution in [1.29, 1.82) is 0 Å². The van der Waals surface area contributed by atoms with Gasteiger partial charge < -0.3 is 0 Å². The van der Waals surface area contributed by atoms with Crippen molar-refractivity contribution in [3.05, 3.63) is 0 Å². The Hall–Kier alpha value is 0.599. The van der Waals surface area contributed by atoms with E-state index in [9.17, 15) is 7.67 Å². The van der Waals surface area contributed by atoms with Gasteiger partial charge in [0.15, 0.2) is 0 Å². The zero-order valence-electron chi connectivity index (χ0n) is 8.28. The molecule has 0 aliphatic carbocycles. The first-order chi connectivity index (χ1) is 6.20. The van der Waals surface area contributed by atoms with Gasteiger partial charge in [0, 0.05) is 0 Å². The first kappa shape index (κ1) is 13.6. The van der Waals surface area contributed by atoms with Crippen LogP contribution in [-0.4, -0.2) is 28.3 Å². The molecule has 0 fully saturated rings. The van der Waals surface area contributed by atoms with Crippen LogP contribution in [0, 0.1) is 0 Å². The Morgan fingerprint density at radius 2 is 1.31 bits per heavy atom. The molecule has 0 spiro atoms. The van der Waals surface area contributed by atoms with Crippen LogP contribution in [0.2, 0.25) is 10.6 Å². The Bertz CT molecular complexity index is 153. The van der Waals surface area contributed by atoms with Gasteiger partial charge in [0.05, 0.1) is 0 Å². The van der Waals surface area contributed by atoms with Crippen molar-refractivity contribution in [2.45, 2.75) is 50.2 Å². The molecule has 13 heavy (non-hydrogen) atoms. The van der Waals surface area contributed by atoms with Gasteiger partial charge in [-0.05, 0) is 0 Å². The number of unbranched alkanes of at least 4 members (excludes halogenated alkanes) is 2. The monoisotopic (exact) mass is 322 g/mol. The molecule has 0 saturated heterocycles. The van der Waals surface area contributed by atoms with Crippen molar-refractivity contribution in [3.63, 3.8) is 0 Å². The molecule has 0 aliphatic heterocycles. The second kappa shape index (κ2) is 9.17. The molecule has 0 N–H and O–H groups in total. The molecule has 0 atom stereocenters. The molecule has 0 aromatic heterocycles. The third-order valence-electron chi connectivity index (χ3n) is 1.48. The number of hydrogen-bond acceptors (Lipinski definition) is 3. The normalized spacial score (nSPS) is 15.5. The van der Waals surface area contributed by atoms with E-state index in [4.69, 9.17) is 2.90 Å². The average molecular weight is 320 g/mol. The fourth-order valence-corrected chi connectivity index (χ4v) is 6.85. The molecule has 0 bridgehead atoms. The first-order valence-corrected chi connectivity index (χ1v) is 9.88. The first-order valence-electron chi connectivity index (χ1n) is 4.66. The van der Waals surface area contributed by atoms with Crippen LogP contribution < -0.4 is 0 Å². The molecule has 5 heteroatoms. The van der Waals surface area contributed by atoms with Crippen LogP contribution in [0.3, 0.4) is 0 Å². The van der Waals surface area contributed by atoms with E-state index in [1.807, 2.05) is 13.8 Å². The van der Waals surface area contributed by atoms with Gasteiger partial charge in [0.25, 0.3) is 0 Å². The maximum atomic E-state index is 11.2. The fourth-order valence-electron chi connectivity index (χ4n) is 0.677. The van der Waals surface area contributed by atoms with E-state index in [-0.39, 0.29) is 0 Å². The van der Waals surface area contributed by atoms with Gasteiger partial charge in [0.2, 0.25) is 0 Å². The Labute approximate surface area is 89.1 Å². The molecule has 0 aromatic rings.